The van der Waals surface area contributed by atoms with Gasteiger partial charge >= 0.3 is 0 Å². The van der Waals surface area contributed by atoms with Crippen molar-refractivity contribution in [1.29, 1.82) is 0 Å². The van der Waals surface area contributed by atoms with E-state index in [0.29, 0.717) is 16.5 Å². The van der Waals surface area contributed by atoms with Crippen LogP contribution in [0.5, 0.6) is 0 Å². The van der Waals surface area contributed by atoms with Crippen LogP contribution in [0, 0.1) is 0 Å². The standard InChI is InChI=1S/C19H15ClN4OS/c20-13-6-7-15-14(10-13)17-21-18(25)16(12-4-2-1-3-5-12)23-24(17)19(22-15)8-9-26-11-19/h1-7,10,22H,8-9,11H2/t19-/m0/s1. The molecule has 0 amide bonds. The van der Waals surface area contributed by atoms with E-state index >= 15 is 0 Å². The van der Waals surface area contributed by atoms with E-state index in [0.717, 1.165) is 34.7 Å². The van der Waals surface area contributed by atoms with Crippen molar-refractivity contribution in [2.75, 3.05) is 16.8 Å². The minimum absolute atomic E-state index is 0.323. The number of fused-ring (bicyclic) bond motifs is 4. The van der Waals surface area contributed by atoms with Gasteiger partial charge in [0.05, 0.1) is 0 Å². The van der Waals surface area contributed by atoms with Crippen LogP contribution < -0.4 is 10.9 Å². The third-order valence-corrected chi connectivity index (χ3v) is 6.26. The van der Waals surface area contributed by atoms with Gasteiger partial charge in [-0.3, -0.25) is 4.79 Å². The van der Waals surface area contributed by atoms with Crippen molar-refractivity contribution in [3.05, 3.63) is 63.9 Å². The van der Waals surface area contributed by atoms with Crippen molar-refractivity contribution >= 4 is 29.1 Å². The molecule has 1 spiro atoms. The maximum absolute atomic E-state index is 12.7. The summed E-state index contributed by atoms with van der Waals surface area (Å²) in [7, 11) is 0. The minimum atomic E-state index is -0.370. The van der Waals surface area contributed by atoms with Crippen molar-refractivity contribution in [3.8, 4) is 22.6 Å². The van der Waals surface area contributed by atoms with E-state index in [1.165, 1.54) is 0 Å². The number of hydrogen-bond donors (Lipinski definition) is 1. The number of anilines is 1. The molecule has 5 rings (SSSR count). The van der Waals surface area contributed by atoms with Crippen LogP contribution in [0.3, 0.4) is 0 Å². The predicted octanol–water partition coefficient (Wildman–Crippen LogP) is 3.84. The van der Waals surface area contributed by atoms with Crippen LogP contribution in [-0.4, -0.2) is 26.3 Å². The summed E-state index contributed by atoms with van der Waals surface area (Å²) in [5, 5.41) is 9.01. The third-order valence-electron chi connectivity index (χ3n) is 4.85. The van der Waals surface area contributed by atoms with E-state index in [2.05, 4.69) is 10.3 Å². The molecule has 1 saturated heterocycles. The number of halogens is 1. The summed E-state index contributed by atoms with van der Waals surface area (Å²) in [4.78, 5) is 17.2. The Kier molecular flexibility index (Phi) is 3.58. The van der Waals surface area contributed by atoms with Crippen LogP contribution >= 0.6 is 23.4 Å². The van der Waals surface area contributed by atoms with Gasteiger partial charge in [-0.15, -0.1) is 0 Å². The molecule has 0 bridgehead atoms. The summed E-state index contributed by atoms with van der Waals surface area (Å²) < 4.78 is 1.90. The Hall–Kier alpha value is -2.31. The van der Waals surface area contributed by atoms with E-state index in [9.17, 15) is 4.79 Å². The van der Waals surface area contributed by atoms with E-state index in [1.54, 1.807) is 0 Å². The molecule has 3 aromatic rings. The van der Waals surface area contributed by atoms with E-state index in [4.69, 9.17) is 16.7 Å². The largest absolute Gasteiger partial charge is 0.360 e. The molecule has 0 radical (unpaired) electrons. The fourth-order valence-corrected chi connectivity index (χ4v) is 5.05. The maximum atomic E-state index is 12.7. The summed E-state index contributed by atoms with van der Waals surface area (Å²) in [6, 6.07) is 15.1. The molecule has 1 N–H and O–H groups in total. The molecule has 2 aliphatic heterocycles. The predicted molar refractivity (Wildman–Crippen MR) is 106 cm³/mol. The number of benzene rings is 2. The van der Waals surface area contributed by atoms with Gasteiger partial charge in [0.25, 0.3) is 5.56 Å². The fourth-order valence-electron chi connectivity index (χ4n) is 3.57. The molecule has 0 aliphatic carbocycles. The first-order valence-electron chi connectivity index (χ1n) is 8.39. The number of nitrogens with zero attached hydrogens (tertiary/aromatic N) is 3. The van der Waals surface area contributed by atoms with Crippen molar-refractivity contribution in [2.45, 2.75) is 12.1 Å². The number of aromatic nitrogens is 3. The normalized spacial score (nSPS) is 20.5. The Balaban J connectivity index is 1.80. The number of nitrogens with one attached hydrogen (secondary N) is 1. The summed E-state index contributed by atoms with van der Waals surface area (Å²) in [6.45, 7) is 0. The average Bonchev–Trinajstić information content (AvgIpc) is 3.12. The van der Waals surface area contributed by atoms with Gasteiger partial charge in [-0.05, 0) is 24.0 Å². The summed E-state index contributed by atoms with van der Waals surface area (Å²) in [6.07, 6.45) is 0.915. The molecule has 130 valence electrons. The molecule has 5 nitrogen and oxygen atoms in total. The molecule has 3 heterocycles. The molecule has 26 heavy (non-hydrogen) atoms. The molecule has 0 unspecified atom stereocenters. The summed E-state index contributed by atoms with van der Waals surface area (Å²) in [5.74, 6) is 2.48. The minimum Gasteiger partial charge on any atom is -0.360 e. The molecule has 2 aliphatic rings. The fraction of sp³-hybridized carbons (Fsp3) is 0.211. The highest BCUT2D eigenvalue weighted by molar-refractivity contribution is 7.99. The molecule has 1 atom stereocenters. The average molecular weight is 383 g/mol. The van der Waals surface area contributed by atoms with Crippen LogP contribution in [0.25, 0.3) is 22.6 Å². The number of thioether (sulfide) groups is 1. The highest BCUT2D eigenvalue weighted by Crippen LogP contribution is 2.44. The molecule has 2 aromatic carbocycles. The lowest BCUT2D eigenvalue weighted by Crippen LogP contribution is -2.47. The smallest absolute Gasteiger partial charge is 0.300 e. The maximum Gasteiger partial charge on any atom is 0.300 e. The summed E-state index contributed by atoms with van der Waals surface area (Å²) >= 11 is 8.07. The highest BCUT2D eigenvalue weighted by Gasteiger charge is 2.43. The van der Waals surface area contributed by atoms with Crippen molar-refractivity contribution in [3.63, 3.8) is 0 Å². The topological polar surface area (TPSA) is 59.8 Å². The van der Waals surface area contributed by atoms with Crippen molar-refractivity contribution in [2.24, 2.45) is 0 Å². The Morgan fingerprint density at radius 1 is 1.19 bits per heavy atom. The Bertz CT molecular complexity index is 1060. The Morgan fingerprint density at radius 3 is 2.81 bits per heavy atom. The second-order valence-corrected chi connectivity index (χ2v) is 8.06. The highest BCUT2D eigenvalue weighted by atomic mass is 35.5. The van der Waals surface area contributed by atoms with Gasteiger partial charge < -0.3 is 5.32 Å². The molecule has 0 saturated carbocycles. The second kappa shape index (κ2) is 5.86. The first kappa shape index (κ1) is 15.9. The molecule has 7 heteroatoms. The van der Waals surface area contributed by atoms with Gasteiger partial charge in [-0.25, -0.2) is 4.68 Å². The van der Waals surface area contributed by atoms with E-state index < -0.39 is 0 Å². The van der Waals surface area contributed by atoms with Crippen LogP contribution in [0.15, 0.2) is 53.3 Å². The lowest BCUT2D eigenvalue weighted by atomic mass is 10.0. The Morgan fingerprint density at radius 2 is 2.04 bits per heavy atom. The van der Waals surface area contributed by atoms with E-state index in [-0.39, 0.29) is 11.2 Å². The van der Waals surface area contributed by atoms with Crippen LogP contribution in [0.2, 0.25) is 5.02 Å². The zero-order valence-electron chi connectivity index (χ0n) is 13.8. The summed E-state index contributed by atoms with van der Waals surface area (Å²) in [5.41, 5.74) is 2.21. The van der Waals surface area contributed by atoms with Gasteiger partial charge in [-0.2, -0.15) is 21.8 Å². The lowest BCUT2D eigenvalue weighted by Gasteiger charge is -2.38. The zero-order valence-corrected chi connectivity index (χ0v) is 15.3. The SMILES string of the molecule is O=c1nc2n(nc1-c1ccccc1)[C@]1(CCSC1)Nc1ccc(Cl)cc1-2. The van der Waals surface area contributed by atoms with Crippen LogP contribution in [-0.2, 0) is 5.66 Å². The molecule has 1 aromatic heterocycles. The first-order valence-corrected chi connectivity index (χ1v) is 9.93. The number of rotatable bonds is 1. The molecular weight excluding hydrogens is 368 g/mol. The number of hydrogen-bond acceptors (Lipinski definition) is 5. The van der Waals surface area contributed by atoms with Gasteiger partial charge in [0, 0.05) is 34.0 Å². The monoisotopic (exact) mass is 382 g/mol. The van der Waals surface area contributed by atoms with Gasteiger partial charge in [0.1, 0.15) is 5.66 Å². The quantitative estimate of drug-likeness (QED) is 0.692. The Labute approximate surface area is 159 Å². The van der Waals surface area contributed by atoms with E-state index in [1.807, 2.05) is 65.0 Å². The third kappa shape index (κ3) is 2.36. The van der Waals surface area contributed by atoms with Crippen molar-refractivity contribution < 1.29 is 0 Å². The van der Waals surface area contributed by atoms with Gasteiger partial charge in [0.15, 0.2) is 11.5 Å². The zero-order chi connectivity index (χ0) is 17.7. The van der Waals surface area contributed by atoms with Crippen molar-refractivity contribution in [1.82, 2.24) is 14.8 Å². The van der Waals surface area contributed by atoms with Crippen LogP contribution in [0.1, 0.15) is 6.42 Å². The van der Waals surface area contributed by atoms with Crippen LogP contribution in [0.4, 0.5) is 5.69 Å². The second-order valence-electron chi connectivity index (χ2n) is 6.52. The molecular formula is C19H15ClN4OS. The van der Waals surface area contributed by atoms with Gasteiger partial charge in [-0.1, -0.05) is 41.9 Å². The first-order chi connectivity index (χ1) is 12.7. The molecule has 1 fully saturated rings. The van der Waals surface area contributed by atoms with Gasteiger partial charge in [0.2, 0.25) is 0 Å². The lowest BCUT2D eigenvalue weighted by molar-refractivity contribution is 0.333.